The predicted molar refractivity (Wildman–Crippen MR) is 91.1 cm³/mol. The third-order valence-corrected chi connectivity index (χ3v) is 3.94. The molecule has 1 aliphatic heterocycles. The van der Waals surface area contributed by atoms with E-state index in [9.17, 15) is 14.4 Å². The normalized spacial score (nSPS) is 14.2. The lowest BCUT2D eigenvalue weighted by Crippen LogP contribution is -2.26. The molecule has 0 bridgehead atoms. The zero-order valence-corrected chi connectivity index (χ0v) is 14.1. The molecule has 2 amide bonds. The summed E-state index contributed by atoms with van der Waals surface area (Å²) in [5, 5.41) is 3.20. The molecule has 24 heavy (non-hydrogen) atoms. The largest absolute Gasteiger partial charge is 0.466 e. The molecular formula is C17H19ClN2O4. The Labute approximate surface area is 145 Å². The second-order valence-corrected chi connectivity index (χ2v) is 5.69. The lowest BCUT2D eigenvalue weighted by atomic mass is 10.1. The molecular weight excluding hydrogens is 332 g/mol. The summed E-state index contributed by atoms with van der Waals surface area (Å²) in [7, 11) is 1.30. The van der Waals surface area contributed by atoms with Gasteiger partial charge in [0.05, 0.1) is 17.8 Å². The van der Waals surface area contributed by atoms with E-state index in [0.717, 1.165) is 6.42 Å². The SMILES string of the molecule is COC(=O)/C=C/CCNC(=O)c1ccc(Cl)c(N2CCCC2=O)c1. The van der Waals surface area contributed by atoms with E-state index in [0.29, 0.717) is 42.2 Å². The molecule has 1 N–H and O–H groups in total. The van der Waals surface area contributed by atoms with Gasteiger partial charge < -0.3 is 15.0 Å². The minimum atomic E-state index is -0.432. The zero-order valence-electron chi connectivity index (χ0n) is 13.4. The second-order valence-electron chi connectivity index (χ2n) is 5.29. The summed E-state index contributed by atoms with van der Waals surface area (Å²) >= 11 is 6.16. The minimum absolute atomic E-state index is 0.0161. The van der Waals surface area contributed by atoms with Gasteiger partial charge in [0.1, 0.15) is 0 Å². The maximum absolute atomic E-state index is 12.2. The number of carbonyl (C=O) groups is 3. The summed E-state index contributed by atoms with van der Waals surface area (Å²) in [6.45, 7) is 0.995. The molecule has 128 valence electrons. The van der Waals surface area contributed by atoms with Crippen LogP contribution < -0.4 is 10.2 Å². The molecule has 1 fully saturated rings. The fraction of sp³-hybridized carbons (Fsp3) is 0.353. The number of nitrogens with one attached hydrogen (secondary N) is 1. The van der Waals surface area contributed by atoms with E-state index in [-0.39, 0.29) is 11.8 Å². The number of methoxy groups -OCH3 is 1. The number of hydrogen-bond acceptors (Lipinski definition) is 4. The fourth-order valence-corrected chi connectivity index (χ4v) is 2.60. The highest BCUT2D eigenvalue weighted by atomic mass is 35.5. The Kier molecular flexibility index (Phi) is 6.37. The first-order valence-electron chi connectivity index (χ1n) is 7.65. The van der Waals surface area contributed by atoms with Crippen molar-refractivity contribution in [2.24, 2.45) is 0 Å². The first-order chi connectivity index (χ1) is 11.5. The van der Waals surface area contributed by atoms with Crippen LogP contribution >= 0.6 is 11.6 Å². The number of carbonyl (C=O) groups excluding carboxylic acids is 3. The van der Waals surface area contributed by atoms with Gasteiger partial charge >= 0.3 is 5.97 Å². The van der Waals surface area contributed by atoms with Crippen molar-refractivity contribution in [3.8, 4) is 0 Å². The van der Waals surface area contributed by atoms with Gasteiger partial charge in [0.25, 0.3) is 5.91 Å². The summed E-state index contributed by atoms with van der Waals surface area (Å²) in [5.41, 5.74) is 1.00. The van der Waals surface area contributed by atoms with Gasteiger partial charge in [-0.25, -0.2) is 4.79 Å². The molecule has 2 rings (SSSR count). The number of anilines is 1. The molecule has 0 saturated carbocycles. The molecule has 1 aromatic carbocycles. The quantitative estimate of drug-likeness (QED) is 0.485. The summed E-state index contributed by atoms with van der Waals surface area (Å²) in [4.78, 5) is 36.6. The molecule has 7 heteroatoms. The number of amides is 2. The van der Waals surface area contributed by atoms with E-state index in [1.165, 1.54) is 13.2 Å². The standard InChI is InChI=1S/C17H19ClN2O4/c1-24-16(22)6-2-3-9-19-17(23)12-7-8-13(18)14(11-12)20-10-4-5-15(20)21/h2,6-8,11H,3-5,9-10H2,1H3,(H,19,23)/b6-2+. The molecule has 6 nitrogen and oxygen atoms in total. The third kappa shape index (κ3) is 4.58. The van der Waals surface area contributed by atoms with Gasteiger partial charge in [-0.3, -0.25) is 9.59 Å². The van der Waals surface area contributed by atoms with Crippen molar-refractivity contribution in [1.29, 1.82) is 0 Å². The highest BCUT2D eigenvalue weighted by Crippen LogP contribution is 2.30. The van der Waals surface area contributed by atoms with Gasteiger partial charge in [-0.15, -0.1) is 0 Å². The monoisotopic (exact) mass is 350 g/mol. The summed E-state index contributed by atoms with van der Waals surface area (Å²) in [6, 6.07) is 4.87. The van der Waals surface area contributed by atoms with Crippen LogP contribution in [-0.2, 0) is 14.3 Å². The van der Waals surface area contributed by atoms with Crippen molar-refractivity contribution in [3.63, 3.8) is 0 Å². The van der Waals surface area contributed by atoms with Crippen LogP contribution in [0.4, 0.5) is 5.69 Å². The molecule has 0 spiro atoms. The average molecular weight is 351 g/mol. The average Bonchev–Trinajstić information content (AvgIpc) is 3.00. The molecule has 1 aliphatic rings. The Morgan fingerprint density at radius 3 is 2.88 bits per heavy atom. The topological polar surface area (TPSA) is 75.7 Å². The van der Waals surface area contributed by atoms with E-state index < -0.39 is 5.97 Å². The predicted octanol–water partition coefficient (Wildman–Crippen LogP) is 2.32. The molecule has 0 radical (unpaired) electrons. The van der Waals surface area contributed by atoms with Crippen LogP contribution in [0.2, 0.25) is 5.02 Å². The van der Waals surface area contributed by atoms with Crippen LogP contribution in [0.25, 0.3) is 0 Å². The van der Waals surface area contributed by atoms with Crippen molar-refractivity contribution in [3.05, 3.63) is 40.9 Å². The number of nitrogens with zero attached hydrogens (tertiary/aromatic N) is 1. The zero-order chi connectivity index (χ0) is 17.5. The number of esters is 1. The summed E-state index contributed by atoms with van der Waals surface area (Å²) in [5.74, 6) is -0.674. The molecule has 1 aromatic rings. The Balaban J connectivity index is 1.96. The fourth-order valence-electron chi connectivity index (χ4n) is 2.38. The van der Waals surface area contributed by atoms with Gasteiger partial charge in [0.15, 0.2) is 0 Å². The van der Waals surface area contributed by atoms with E-state index in [1.54, 1.807) is 29.2 Å². The molecule has 0 aliphatic carbocycles. The Morgan fingerprint density at radius 2 is 2.21 bits per heavy atom. The van der Waals surface area contributed by atoms with Crippen LogP contribution in [0.1, 0.15) is 29.6 Å². The van der Waals surface area contributed by atoms with Crippen LogP contribution in [0.5, 0.6) is 0 Å². The maximum atomic E-state index is 12.2. The van der Waals surface area contributed by atoms with Gasteiger partial charge in [0, 0.05) is 31.1 Å². The van der Waals surface area contributed by atoms with Gasteiger partial charge in [0.2, 0.25) is 5.91 Å². The molecule has 0 unspecified atom stereocenters. The lowest BCUT2D eigenvalue weighted by molar-refractivity contribution is -0.134. The van der Waals surface area contributed by atoms with Gasteiger partial charge in [-0.05, 0) is 31.0 Å². The number of hydrogen-bond donors (Lipinski definition) is 1. The van der Waals surface area contributed by atoms with Gasteiger partial charge in [-0.1, -0.05) is 17.7 Å². The number of ether oxygens (including phenoxy) is 1. The maximum Gasteiger partial charge on any atom is 0.330 e. The van der Waals surface area contributed by atoms with Crippen molar-refractivity contribution in [1.82, 2.24) is 5.32 Å². The first-order valence-corrected chi connectivity index (χ1v) is 8.03. The minimum Gasteiger partial charge on any atom is -0.466 e. The molecule has 1 heterocycles. The lowest BCUT2D eigenvalue weighted by Gasteiger charge is -2.18. The van der Waals surface area contributed by atoms with E-state index in [1.807, 2.05) is 0 Å². The first kappa shape index (κ1) is 18.0. The van der Waals surface area contributed by atoms with E-state index in [2.05, 4.69) is 10.1 Å². The van der Waals surface area contributed by atoms with Crippen molar-refractivity contribution in [2.75, 3.05) is 25.1 Å². The Hall–Kier alpha value is -2.34. The van der Waals surface area contributed by atoms with Crippen LogP contribution in [0.15, 0.2) is 30.4 Å². The molecule has 0 atom stereocenters. The Morgan fingerprint density at radius 1 is 1.42 bits per heavy atom. The summed E-state index contributed by atoms with van der Waals surface area (Å²) in [6.07, 6.45) is 4.73. The number of halogens is 1. The molecule has 1 saturated heterocycles. The van der Waals surface area contributed by atoms with Crippen molar-refractivity contribution >= 4 is 35.1 Å². The van der Waals surface area contributed by atoms with E-state index >= 15 is 0 Å². The van der Waals surface area contributed by atoms with Crippen molar-refractivity contribution in [2.45, 2.75) is 19.3 Å². The highest BCUT2D eigenvalue weighted by molar-refractivity contribution is 6.34. The third-order valence-electron chi connectivity index (χ3n) is 3.62. The number of rotatable bonds is 6. The molecule has 0 aromatic heterocycles. The second kappa shape index (κ2) is 8.49. The highest BCUT2D eigenvalue weighted by Gasteiger charge is 2.24. The smallest absolute Gasteiger partial charge is 0.330 e. The number of benzene rings is 1. The van der Waals surface area contributed by atoms with Crippen LogP contribution in [-0.4, -0.2) is 38.0 Å². The Bertz CT molecular complexity index is 673. The van der Waals surface area contributed by atoms with Crippen LogP contribution in [0, 0.1) is 0 Å². The van der Waals surface area contributed by atoms with E-state index in [4.69, 9.17) is 11.6 Å². The van der Waals surface area contributed by atoms with Crippen molar-refractivity contribution < 1.29 is 19.1 Å². The van der Waals surface area contributed by atoms with Crippen LogP contribution in [0.3, 0.4) is 0 Å². The summed E-state index contributed by atoms with van der Waals surface area (Å²) < 4.78 is 4.47. The van der Waals surface area contributed by atoms with Gasteiger partial charge in [-0.2, -0.15) is 0 Å².